The number of amides is 2. The number of ether oxygens (including phenoxy) is 3. The van der Waals surface area contributed by atoms with Crippen molar-refractivity contribution in [2.24, 2.45) is 0 Å². The number of hydrogen-bond acceptors (Lipinski definition) is 7. The maximum absolute atomic E-state index is 13.4. The summed E-state index contributed by atoms with van der Waals surface area (Å²) < 4.78 is 44.0. The number of nitrogens with one attached hydrogen (secondary N) is 2. The predicted octanol–water partition coefficient (Wildman–Crippen LogP) is 1.12. The van der Waals surface area contributed by atoms with Crippen LogP contribution in [0.15, 0.2) is 35.2 Å². The summed E-state index contributed by atoms with van der Waals surface area (Å²) in [5.74, 6) is -0.513. The molecule has 2 aliphatic heterocycles. The summed E-state index contributed by atoms with van der Waals surface area (Å²) in [6.07, 6.45) is -0.907. The van der Waals surface area contributed by atoms with E-state index in [1.54, 1.807) is 32.0 Å². The highest BCUT2D eigenvalue weighted by atomic mass is 32.2. The number of carbonyl (C=O) groups excluding carboxylic acids is 2. The van der Waals surface area contributed by atoms with Crippen LogP contribution in [0, 0.1) is 20.8 Å². The van der Waals surface area contributed by atoms with E-state index < -0.39 is 28.1 Å². The van der Waals surface area contributed by atoms with Gasteiger partial charge in [0, 0.05) is 13.1 Å². The maximum atomic E-state index is 13.4. The summed E-state index contributed by atoms with van der Waals surface area (Å²) in [4.78, 5) is 24.8. The predicted molar refractivity (Wildman–Crippen MR) is 122 cm³/mol. The quantitative estimate of drug-likeness (QED) is 0.583. The molecule has 34 heavy (non-hydrogen) atoms. The van der Waals surface area contributed by atoms with Gasteiger partial charge in [-0.15, -0.1) is 0 Å². The van der Waals surface area contributed by atoms with Gasteiger partial charge in [0.05, 0.1) is 18.0 Å². The van der Waals surface area contributed by atoms with Crippen LogP contribution >= 0.6 is 0 Å². The van der Waals surface area contributed by atoms with Gasteiger partial charge in [0.25, 0.3) is 0 Å². The van der Waals surface area contributed by atoms with Crippen LogP contribution in [0.3, 0.4) is 0 Å². The highest BCUT2D eigenvalue weighted by Gasteiger charge is 2.38. The van der Waals surface area contributed by atoms with Crippen LogP contribution in [-0.4, -0.2) is 57.3 Å². The number of fused-ring (bicyclic) bond motifs is 1. The number of rotatable bonds is 6. The molecule has 2 N–H and O–H groups in total. The van der Waals surface area contributed by atoms with Crippen molar-refractivity contribution >= 4 is 21.8 Å². The molecule has 2 aliphatic rings. The molecule has 1 saturated heterocycles. The number of nitrogens with zero attached hydrogens (tertiary/aromatic N) is 1. The summed E-state index contributed by atoms with van der Waals surface area (Å²) in [6.45, 7) is 5.88. The van der Waals surface area contributed by atoms with E-state index in [-0.39, 0.29) is 37.9 Å². The Morgan fingerprint density at radius 2 is 1.68 bits per heavy atom. The first kappa shape index (κ1) is 24.0. The topological polar surface area (TPSA) is 123 Å². The molecule has 11 heteroatoms. The molecule has 0 spiro atoms. The Morgan fingerprint density at radius 3 is 2.41 bits per heavy atom. The van der Waals surface area contributed by atoms with Crippen molar-refractivity contribution in [2.45, 2.75) is 38.4 Å². The van der Waals surface area contributed by atoms with Gasteiger partial charge in [0.15, 0.2) is 11.5 Å². The van der Waals surface area contributed by atoms with E-state index in [9.17, 15) is 18.0 Å². The first-order valence-electron chi connectivity index (χ1n) is 10.8. The molecule has 0 aliphatic carbocycles. The van der Waals surface area contributed by atoms with Crippen molar-refractivity contribution in [2.75, 3.05) is 26.5 Å². The number of aryl methyl sites for hydroxylation is 3. The highest BCUT2D eigenvalue weighted by Crippen LogP contribution is 2.32. The molecular weight excluding hydrogens is 462 g/mol. The second-order valence-electron chi connectivity index (χ2n) is 8.25. The van der Waals surface area contributed by atoms with Crippen LogP contribution in [0.4, 0.5) is 0 Å². The number of carbonyl (C=O) groups is 2. The summed E-state index contributed by atoms with van der Waals surface area (Å²) in [5.41, 5.74) is 3.01. The minimum atomic E-state index is -3.85. The second-order valence-corrected chi connectivity index (χ2v) is 10.1. The van der Waals surface area contributed by atoms with Crippen LogP contribution in [0.1, 0.15) is 22.3 Å². The Labute approximate surface area is 198 Å². The van der Waals surface area contributed by atoms with Gasteiger partial charge in [-0.3, -0.25) is 9.59 Å². The summed E-state index contributed by atoms with van der Waals surface area (Å²) in [6, 6.07) is 8.85. The molecule has 2 heterocycles. The van der Waals surface area contributed by atoms with Gasteiger partial charge in [-0.05, 0) is 49.6 Å². The van der Waals surface area contributed by atoms with Gasteiger partial charge >= 0.3 is 11.8 Å². The van der Waals surface area contributed by atoms with Gasteiger partial charge in [0.2, 0.25) is 16.8 Å². The Bertz CT molecular complexity index is 1210. The zero-order valence-corrected chi connectivity index (χ0v) is 20.0. The Kier molecular flexibility index (Phi) is 6.78. The normalized spacial score (nSPS) is 17.6. The van der Waals surface area contributed by atoms with Crippen LogP contribution < -0.4 is 20.1 Å². The fourth-order valence-corrected chi connectivity index (χ4v) is 6.13. The maximum Gasteiger partial charge on any atom is 0.309 e. The molecule has 2 amide bonds. The fourth-order valence-electron chi connectivity index (χ4n) is 4.21. The Balaban J connectivity index is 1.35. The third-order valence-corrected chi connectivity index (χ3v) is 7.84. The number of benzene rings is 2. The lowest BCUT2D eigenvalue weighted by molar-refractivity contribution is -0.139. The first-order valence-corrected chi connectivity index (χ1v) is 12.3. The molecule has 0 saturated carbocycles. The molecule has 1 unspecified atom stereocenters. The van der Waals surface area contributed by atoms with Crippen molar-refractivity contribution in [3.05, 3.63) is 52.6 Å². The average molecular weight is 490 g/mol. The molecule has 2 aromatic carbocycles. The molecule has 0 radical (unpaired) electrons. The lowest BCUT2D eigenvalue weighted by Gasteiger charge is -2.24. The molecule has 1 fully saturated rings. The number of hydrogen-bond donors (Lipinski definition) is 2. The van der Waals surface area contributed by atoms with E-state index in [1.165, 1.54) is 4.31 Å². The van der Waals surface area contributed by atoms with E-state index in [0.717, 1.165) is 11.1 Å². The zero-order chi connectivity index (χ0) is 24.5. The van der Waals surface area contributed by atoms with Gasteiger partial charge < -0.3 is 24.8 Å². The van der Waals surface area contributed by atoms with Gasteiger partial charge in [-0.1, -0.05) is 23.8 Å². The standard InChI is InChI=1S/C23H27N3O7S/c1-14-8-15(2)21(16(3)9-14)34(29,30)26-6-7-31-20(26)12-25-23(28)22(27)24-11-17-4-5-18-19(10-17)33-13-32-18/h4-5,8-10,20H,6-7,11-13H2,1-3H3,(H,24,27)(H,25,28). The van der Waals surface area contributed by atoms with Crippen molar-refractivity contribution in [3.63, 3.8) is 0 Å². The average Bonchev–Trinajstić information content (AvgIpc) is 3.44. The van der Waals surface area contributed by atoms with Crippen molar-refractivity contribution in [3.8, 4) is 11.5 Å². The van der Waals surface area contributed by atoms with Gasteiger partial charge in [-0.2, -0.15) is 4.31 Å². The van der Waals surface area contributed by atoms with E-state index >= 15 is 0 Å². The largest absolute Gasteiger partial charge is 0.454 e. The fraction of sp³-hybridized carbons (Fsp3) is 0.391. The summed E-state index contributed by atoms with van der Waals surface area (Å²) in [5, 5.41) is 5.00. The molecule has 2 aromatic rings. The lowest BCUT2D eigenvalue weighted by Crippen LogP contribution is -2.47. The third kappa shape index (κ3) is 4.86. The van der Waals surface area contributed by atoms with Crippen LogP contribution in [0.5, 0.6) is 11.5 Å². The van der Waals surface area contributed by atoms with Crippen LogP contribution in [-0.2, 0) is 30.9 Å². The van der Waals surface area contributed by atoms with Crippen molar-refractivity contribution < 1.29 is 32.2 Å². The number of sulfonamides is 1. The van der Waals surface area contributed by atoms with E-state index in [2.05, 4.69) is 10.6 Å². The molecule has 4 rings (SSSR count). The van der Waals surface area contributed by atoms with Crippen molar-refractivity contribution in [1.29, 1.82) is 0 Å². The SMILES string of the molecule is Cc1cc(C)c(S(=O)(=O)N2CCOC2CNC(=O)C(=O)NCc2ccc3c(c2)OCO3)c(C)c1. The monoisotopic (exact) mass is 489 g/mol. The lowest BCUT2D eigenvalue weighted by atomic mass is 10.1. The second kappa shape index (κ2) is 9.61. The summed E-state index contributed by atoms with van der Waals surface area (Å²) >= 11 is 0. The molecule has 182 valence electrons. The molecular formula is C23H27N3O7S. The minimum Gasteiger partial charge on any atom is -0.454 e. The van der Waals surface area contributed by atoms with E-state index in [4.69, 9.17) is 14.2 Å². The van der Waals surface area contributed by atoms with E-state index in [1.807, 2.05) is 19.1 Å². The molecule has 10 nitrogen and oxygen atoms in total. The van der Waals surface area contributed by atoms with Crippen molar-refractivity contribution in [1.82, 2.24) is 14.9 Å². The van der Waals surface area contributed by atoms with Crippen LogP contribution in [0.2, 0.25) is 0 Å². The summed E-state index contributed by atoms with van der Waals surface area (Å²) in [7, 11) is -3.85. The van der Waals surface area contributed by atoms with E-state index in [0.29, 0.717) is 22.6 Å². The molecule has 0 bridgehead atoms. The Morgan fingerprint density at radius 1 is 1.00 bits per heavy atom. The minimum absolute atomic E-state index is 0.120. The van der Waals surface area contributed by atoms with Crippen LogP contribution in [0.25, 0.3) is 0 Å². The third-order valence-electron chi connectivity index (χ3n) is 5.65. The molecule has 1 atom stereocenters. The molecule has 0 aromatic heterocycles. The first-order chi connectivity index (χ1) is 16.2. The smallest absolute Gasteiger partial charge is 0.309 e. The van der Waals surface area contributed by atoms with Gasteiger partial charge in [0.1, 0.15) is 6.23 Å². The Hall–Kier alpha value is -3.15. The highest BCUT2D eigenvalue weighted by molar-refractivity contribution is 7.89. The van der Waals surface area contributed by atoms with Gasteiger partial charge in [-0.25, -0.2) is 8.42 Å². The zero-order valence-electron chi connectivity index (χ0n) is 19.2.